The van der Waals surface area contributed by atoms with Gasteiger partial charge in [0, 0.05) is 7.05 Å². The van der Waals surface area contributed by atoms with Crippen LogP contribution in [0.2, 0.25) is 0 Å². The van der Waals surface area contributed by atoms with Gasteiger partial charge in [-0.15, -0.1) is 0 Å². The van der Waals surface area contributed by atoms with Gasteiger partial charge in [-0.25, -0.2) is 4.68 Å². The number of carbonyl (C=O) groups excluding carboxylic acids is 1. The van der Waals surface area contributed by atoms with E-state index in [4.69, 9.17) is 4.74 Å². The summed E-state index contributed by atoms with van der Waals surface area (Å²) in [6, 6.07) is 7.12. The van der Waals surface area contributed by atoms with Gasteiger partial charge in [0.15, 0.2) is 0 Å². The van der Waals surface area contributed by atoms with Gasteiger partial charge in [0.1, 0.15) is 22.8 Å². The Morgan fingerprint density at radius 1 is 1.32 bits per heavy atom. The van der Waals surface area contributed by atoms with Crippen LogP contribution >= 0.6 is 0 Å². The summed E-state index contributed by atoms with van der Waals surface area (Å²) in [4.78, 5) is 12.7. The standard InChI is InChI=1S/C18H23N5O2/c1-11(14-7-6-8-15(9-14)25-5)20-18(24)13(3)23-17-12(2)21-22(4)16(17)10-19-23/h6-11,13H,1-5H3,(H,20,24)/t11-,13-/m0/s1. The molecule has 3 rings (SSSR count). The largest absolute Gasteiger partial charge is 0.497 e. The Labute approximate surface area is 146 Å². The van der Waals surface area contributed by atoms with Crippen molar-refractivity contribution in [1.82, 2.24) is 24.9 Å². The number of hydrogen-bond acceptors (Lipinski definition) is 4. The number of nitrogens with zero attached hydrogens (tertiary/aromatic N) is 4. The first-order chi connectivity index (χ1) is 11.9. The van der Waals surface area contributed by atoms with Crippen molar-refractivity contribution < 1.29 is 9.53 Å². The van der Waals surface area contributed by atoms with Crippen molar-refractivity contribution in [2.24, 2.45) is 7.05 Å². The number of aromatic nitrogens is 4. The quantitative estimate of drug-likeness (QED) is 0.774. The zero-order chi connectivity index (χ0) is 18.1. The Bertz CT molecular complexity index is 911. The van der Waals surface area contributed by atoms with Gasteiger partial charge in [0.2, 0.25) is 5.91 Å². The number of nitrogens with one attached hydrogen (secondary N) is 1. The maximum atomic E-state index is 12.7. The molecule has 1 aromatic carbocycles. The lowest BCUT2D eigenvalue weighted by Crippen LogP contribution is -2.33. The zero-order valence-corrected chi connectivity index (χ0v) is 15.1. The molecule has 2 atom stereocenters. The molecule has 0 aliphatic rings. The van der Waals surface area contributed by atoms with Crippen LogP contribution in [0.25, 0.3) is 11.0 Å². The fourth-order valence-electron chi connectivity index (χ4n) is 3.00. The van der Waals surface area contributed by atoms with E-state index in [1.54, 1.807) is 22.7 Å². The Balaban J connectivity index is 1.80. The molecule has 0 radical (unpaired) electrons. The summed E-state index contributed by atoms with van der Waals surface area (Å²) in [6.07, 6.45) is 1.74. The third-order valence-electron chi connectivity index (χ3n) is 4.47. The summed E-state index contributed by atoms with van der Waals surface area (Å²) in [5.74, 6) is 0.676. The van der Waals surface area contributed by atoms with Crippen molar-refractivity contribution in [2.75, 3.05) is 7.11 Å². The van der Waals surface area contributed by atoms with Crippen LogP contribution in [-0.4, -0.2) is 32.6 Å². The van der Waals surface area contributed by atoms with Crippen molar-refractivity contribution in [3.05, 3.63) is 41.7 Å². The number of hydrogen-bond donors (Lipinski definition) is 1. The summed E-state index contributed by atoms with van der Waals surface area (Å²) in [6.45, 7) is 5.71. The van der Waals surface area contributed by atoms with E-state index >= 15 is 0 Å². The highest BCUT2D eigenvalue weighted by Gasteiger charge is 2.22. The van der Waals surface area contributed by atoms with E-state index in [1.165, 1.54) is 0 Å². The molecule has 1 N–H and O–H groups in total. The molecule has 1 amide bonds. The molecule has 0 aliphatic heterocycles. The molecule has 3 aromatic rings. The van der Waals surface area contributed by atoms with Crippen LogP contribution in [-0.2, 0) is 11.8 Å². The average Bonchev–Trinajstić information content (AvgIpc) is 3.16. The lowest BCUT2D eigenvalue weighted by molar-refractivity contribution is -0.124. The van der Waals surface area contributed by atoms with E-state index in [0.717, 1.165) is 28.0 Å². The van der Waals surface area contributed by atoms with E-state index < -0.39 is 6.04 Å². The van der Waals surface area contributed by atoms with E-state index in [2.05, 4.69) is 15.5 Å². The summed E-state index contributed by atoms with van der Waals surface area (Å²) >= 11 is 0. The van der Waals surface area contributed by atoms with Gasteiger partial charge in [-0.2, -0.15) is 10.2 Å². The number of benzene rings is 1. The minimum atomic E-state index is -0.437. The number of ether oxygens (including phenoxy) is 1. The maximum absolute atomic E-state index is 12.7. The number of amides is 1. The minimum Gasteiger partial charge on any atom is -0.497 e. The van der Waals surface area contributed by atoms with Gasteiger partial charge >= 0.3 is 0 Å². The lowest BCUT2D eigenvalue weighted by atomic mass is 10.1. The van der Waals surface area contributed by atoms with Crippen LogP contribution in [0.5, 0.6) is 5.75 Å². The van der Waals surface area contributed by atoms with Gasteiger partial charge < -0.3 is 10.1 Å². The molecule has 2 aromatic heterocycles. The van der Waals surface area contributed by atoms with Gasteiger partial charge in [0.05, 0.1) is 25.0 Å². The van der Waals surface area contributed by atoms with Crippen molar-refractivity contribution in [3.63, 3.8) is 0 Å². The Morgan fingerprint density at radius 2 is 2.08 bits per heavy atom. The normalized spacial score (nSPS) is 13.6. The van der Waals surface area contributed by atoms with Crippen LogP contribution in [0.15, 0.2) is 30.5 Å². The first-order valence-electron chi connectivity index (χ1n) is 8.23. The van der Waals surface area contributed by atoms with Gasteiger partial charge in [-0.1, -0.05) is 12.1 Å². The maximum Gasteiger partial charge on any atom is 0.245 e. The van der Waals surface area contributed by atoms with Crippen LogP contribution in [0.4, 0.5) is 0 Å². The summed E-state index contributed by atoms with van der Waals surface area (Å²) in [7, 11) is 3.50. The van der Waals surface area contributed by atoms with Crippen molar-refractivity contribution in [1.29, 1.82) is 0 Å². The lowest BCUT2D eigenvalue weighted by Gasteiger charge is -2.19. The Morgan fingerprint density at radius 3 is 2.80 bits per heavy atom. The molecule has 0 unspecified atom stereocenters. The SMILES string of the molecule is COc1cccc([C@H](C)NC(=O)[C@H](C)n2ncc3c2c(C)nn3C)c1. The monoisotopic (exact) mass is 341 g/mol. The number of methoxy groups -OCH3 is 1. The molecule has 0 saturated carbocycles. The fourth-order valence-corrected chi connectivity index (χ4v) is 3.00. The molecule has 0 spiro atoms. The number of fused-ring (bicyclic) bond motifs is 1. The predicted molar refractivity (Wildman–Crippen MR) is 95.5 cm³/mol. The summed E-state index contributed by atoms with van der Waals surface area (Å²) in [5.41, 5.74) is 3.65. The molecule has 0 saturated heterocycles. The van der Waals surface area contributed by atoms with Gasteiger partial charge in [-0.05, 0) is 38.5 Å². The first kappa shape index (κ1) is 17.0. The van der Waals surface area contributed by atoms with E-state index in [9.17, 15) is 4.79 Å². The molecule has 132 valence electrons. The number of aryl methyl sites for hydroxylation is 2. The number of rotatable bonds is 5. The third-order valence-corrected chi connectivity index (χ3v) is 4.47. The van der Waals surface area contributed by atoms with E-state index in [0.29, 0.717) is 0 Å². The predicted octanol–water partition coefficient (Wildman–Crippen LogP) is 2.53. The molecule has 7 nitrogen and oxygen atoms in total. The molecule has 0 bridgehead atoms. The van der Waals surface area contributed by atoms with Crippen molar-refractivity contribution in [3.8, 4) is 5.75 Å². The smallest absolute Gasteiger partial charge is 0.245 e. The molecule has 0 aliphatic carbocycles. The summed E-state index contributed by atoms with van der Waals surface area (Å²) in [5, 5.41) is 11.8. The second-order valence-electron chi connectivity index (χ2n) is 6.21. The van der Waals surface area contributed by atoms with Crippen LogP contribution < -0.4 is 10.1 Å². The Kier molecular flexibility index (Phi) is 4.48. The first-order valence-corrected chi connectivity index (χ1v) is 8.23. The highest BCUT2D eigenvalue weighted by atomic mass is 16.5. The molecular formula is C18H23N5O2. The molecule has 2 heterocycles. The topological polar surface area (TPSA) is 74.0 Å². The van der Waals surface area contributed by atoms with E-state index in [1.807, 2.05) is 52.1 Å². The highest BCUT2D eigenvalue weighted by Crippen LogP contribution is 2.22. The molecule has 0 fully saturated rings. The zero-order valence-electron chi connectivity index (χ0n) is 15.1. The Hall–Kier alpha value is -2.83. The van der Waals surface area contributed by atoms with E-state index in [-0.39, 0.29) is 11.9 Å². The summed E-state index contributed by atoms with van der Waals surface area (Å²) < 4.78 is 8.75. The highest BCUT2D eigenvalue weighted by molar-refractivity contribution is 5.84. The van der Waals surface area contributed by atoms with Crippen molar-refractivity contribution >= 4 is 16.9 Å². The van der Waals surface area contributed by atoms with Crippen molar-refractivity contribution in [2.45, 2.75) is 32.9 Å². The molecule has 25 heavy (non-hydrogen) atoms. The third kappa shape index (κ3) is 3.09. The minimum absolute atomic E-state index is 0.0939. The van der Waals surface area contributed by atoms with Crippen LogP contribution in [0, 0.1) is 6.92 Å². The van der Waals surface area contributed by atoms with Crippen LogP contribution in [0.1, 0.15) is 37.2 Å². The fraction of sp³-hybridized carbons (Fsp3) is 0.389. The van der Waals surface area contributed by atoms with Gasteiger partial charge in [-0.3, -0.25) is 9.48 Å². The molecular weight excluding hydrogens is 318 g/mol. The second kappa shape index (κ2) is 6.58. The molecule has 7 heteroatoms. The van der Waals surface area contributed by atoms with Crippen LogP contribution in [0.3, 0.4) is 0 Å². The average molecular weight is 341 g/mol. The van der Waals surface area contributed by atoms with Gasteiger partial charge in [0.25, 0.3) is 0 Å². The second-order valence-corrected chi connectivity index (χ2v) is 6.21. The number of carbonyl (C=O) groups is 1.